The second-order valence-electron chi connectivity index (χ2n) is 8.65. The highest BCUT2D eigenvalue weighted by Crippen LogP contribution is 2.40. The smallest absolute Gasteiger partial charge is 0.337 e. The highest BCUT2D eigenvalue weighted by atomic mass is 16.6. The van der Waals surface area contributed by atoms with E-state index in [1.165, 1.54) is 0 Å². The van der Waals surface area contributed by atoms with E-state index < -0.39 is 17.6 Å². The Labute approximate surface area is 189 Å². The van der Waals surface area contributed by atoms with Gasteiger partial charge in [-0.1, -0.05) is 78.9 Å². The number of carbonyl (C=O) groups excluding carboxylic acids is 2. The summed E-state index contributed by atoms with van der Waals surface area (Å²) >= 11 is 0. The second kappa shape index (κ2) is 9.39. The Morgan fingerprint density at radius 3 is 2.00 bits per heavy atom. The first-order valence-electron chi connectivity index (χ1n) is 11.2. The zero-order valence-corrected chi connectivity index (χ0v) is 18.6. The van der Waals surface area contributed by atoms with Gasteiger partial charge >= 0.3 is 5.97 Å². The van der Waals surface area contributed by atoms with Crippen molar-refractivity contribution in [3.63, 3.8) is 0 Å². The van der Waals surface area contributed by atoms with Crippen molar-refractivity contribution < 1.29 is 14.3 Å². The lowest BCUT2D eigenvalue weighted by Gasteiger charge is -2.44. The Balaban J connectivity index is 1.66. The molecule has 1 aliphatic heterocycles. The molecule has 0 amide bonds. The predicted molar refractivity (Wildman–Crippen MR) is 126 cm³/mol. The Kier molecular flexibility index (Phi) is 6.40. The lowest BCUT2D eigenvalue weighted by atomic mass is 9.79. The van der Waals surface area contributed by atoms with Gasteiger partial charge in [0.1, 0.15) is 5.60 Å². The topological polar surface area (TPSA) is 46.6 Å². The minimum atomic E-state index is -0.957. The summed E-state index contributed by atoms with van der Waals surface area (Å²) in [5, 5.41) is 0. The van der Waals surface area contributed by atoms with Gasteiger partial charge in [-0.2, -0.15) is 0 Å². The first-order valence-corrected chi connectivity index (χ1v) is 11.2. The molecule has 0 aromatic heterocycles. The van der Waals surface area contributed by atoms with Crippen LogP contribution < -0.4 is 4.90 Å². The van der Waals surface area contributed by atoms with Crippen LogP contribution in [-0.4, -0.2) is 23.8 Å². The maximum absolute atomic E-state index is 13.6. The number of esters is 1. The highest BCUT2D eigenvalue weighted by molar-refractivity contribution is 6.08. The maximum Gasteiger partial charge on any atom is 0.337 e. The number of cyclic esters (lactones) is 1. The summed E-state index contributed by atoms with van der Waals surface area (Å²) in [5.74, 6) is -0.577. The van der Waals surface area contributed by atoms with Crippen molar-refractivity contribution in [2.45, 2.75) is 50.8 Å². The molecule has 1 heterocycles. The number of ketones is 1. The van der Waals surface area contributed by atoms with E-state index in [-0.39, 0.29) is 18.2 Å². The summed E-state index contributed by atoms with van der Waals surface area (Å²) in [7, 11) is 0. The largest absolute Gasteiger partial charge is 0.452 e. The molecule has 0 radical (unpaired) electrons. The van der Waals surface area contributed by atoms with Crippen LogP contribution in [-0.2, 0) is 26.3 Å². The van der Waals surface area contributed by atoms with Crippen LogP contribution in [0, 0.1) is 0 Å². The van der Waals surface area contributed by atoms with Crippen LogP contribution in [0.2, 0.25) is 0 Å². The number of nitrogens with zero attached hydrogens (tertiary/aromatic N) is 1. The summed E-state index contributed by atoms with van der Waals surface area (Å²) < 4.78 is 6.22. The number of benzene rings is 3. The summed E-state index contributed by atoms with van der Waals surface area (Å²) in [6.45, 7) is 3.98. The van der Waals surface area contributed by atoms with E-state index in [2.05, 4.69) is 12.1 Å². The van der Waals surface area contributed by atoms with Crippen molar-refractivity contribution in [3.8, 4) is 0 Å². The van der Waals surface area contributed by atoms with Gasteiger partial charge in [0.25, 0.3) is 0 Å². The standard InChI is InChI=1S/C28H29NO3/c1-21(2)29(24-16-10-5-11-17-24)26-25(30)20-28(32-27(26)31,23-14-8-4-9-15-23)19-18-22-12-6-3-7-13-22/h3-17,21,26H,18-20H2,1-2H3. The van der Waals surface area contributed by atoms with E-state index in [4.69, 9.17) is 4.74 Å². The van der Waals surface area contributed by atoms with E-state index in [9.17, 15) is 9.59 Å². The third-order valence-electron chi connectivity index (χ3n) is 6.13. The lowest BCUT2D eigenvalue weighted by molar-refractivity contribution is -0.175. The Hall–Kier alpha value is -3.40. The second-order valence-corrected chi connectivity index (χ2v) is 8.65. The van der Waals surface area contributed by atoms with Crippen LogP contribution in [0.15, 0.2) is 91.0 Å². The predicted octanol–water partition coefficient (Wildman–Crippen LogP) is 5.31. The minimum absolute atomic E-state index is 0.0348. The monoisotopic (exact) mass is 427 g/mol. The van der Waals surface area contributed by atoms with E-state index in [0.29, 0.717) is 12.8 Å². The molecule has 4 rings (SSSR count). The Morgan fingerprint density at radius 2 is 1.44 bits per heavy atom. The van der Waals surface area contributed by atoms with Gasteiger partial charge in [-0.05, 0) is 49.9 Å². The molecule has 0 spiro atoms. The lowest BCUT2D eigenvalue weighted by Crippen LogP contribution is -2.58. The van der Waals surface area contributed by atoms with Gasteiger partial charge in [-0.15, -0.1) is 0 Å². The van der Waals surface area contributed by atoms with E-state index in [0.717, 1.165) is 16.8 Å². The van der Waals surface area contributed by atoms with Crippen LogP contribution in [0.25, 0.3) is 0 Å². The molecule has 4 heteroatoms. The van der Waals surface area contributed by atoms with Crippen molar-refractivity contribution in [1.82, 2.24) is 0 Å². The van der Waals surface area contributed by atoms with E-state index >= 15 is 0 Å². The normalized spacial score (nSPS) is 20.8. The number of anilines is 1. The van der Waals surface area contributed by atoms with Gasteiger partial charge in [0.05, 0.1) is 6.42 Å². The number of hydrogen-bond donors (Lipinski definition) is 0. The summed E-state index contributed by atoms with van der Waals surface area (Å²) in [6, 6.07) is 28.4. The average molecular weight is 428 g/mol. The van der Waals surface area contributed by atoms with Crippen LogP contribution in [0.4, 0.5) is 5.69 Å². The van der Waals surface area contributed by atoms with Gasteiger partial charge in [-0.3, -0.25) is 4.79 Å². The quantitative estimate of drug-likeness (QED) is 0.378. The van der Waals surface area contributed by atoms with Crippen molar-refractivity contribution >= 4 is 17.4 Å². The molecule has 1 aliphatic rings. The maximum atomic E-state index is 13.6. The fourth-order valence-corrected chi connectivity index (χ4v) is 4.59. The van der Waals surface area contributed by atoms with Gasteiger partial charge in [-0.25, -0.2) is 4.79 Å². The third kappa shape index (κ3) is 4.45. The molecule has 3 aromatic rings. The molecule has 164 valence electrons. The molecule has 0 N–H and O–H groups in total. The van der Waals surface area contributed by atoms with E-state index in [1.54, 1.807) is 0 Å². The first kappa shape index (κ1) is 21.8. The number of ether oxygens (including phenoxy) is 1. The SMILES string of the molecule is CC(C)N(c1ccccc1)C1C(=O)CC(CCc2ccccc2)(c2ccccc2)OC1=O. The van der Waals surface area contributed by atoms with Crippen molar-refractivity contribution in [2.24, 2.45) is 0 Å². The van der Waals surface area contributed by atoms with Crippen molar-refractivity contribution in [1.29, 1.82) is 0 Å². The highest BCUT2D eigenvalue weighted by Gasteiger charge is 2.50. The third-order valence-corrected chi connectivity index (χ3v) is 6.13. The van der Waals surface area contributed by atoms with E-state index in [1.807, 2.05) is 97.6 Å². The molecule has 0 saturated carbocycles. The molecular weight excluding hydrogens is 398 g/mol. The molecule has 1 saturated heterocycles. The number of aryl methyl sites for hydroxylation is 1. The van der Waals surface area contributed by atoms with Gasteiger partial charge in [0, 0.05) is 11.7 Å². The van der Waals surface area contributed by atoms with Crippen LogP contribution >= 0.6 is 0 Å². The Morgan fingerprint density at radius 1 is 0.875 bits per heavy atom. The first-order chi connectivity index (χ1) is 15.5. The molecular formula is C28H29NO3. The van der Waals surface area contributed by atoms with Gasteiger partial charge in [0.2, 0.25) is 0 Å². The molecule has 1 fully saturated rings. The fraction of sp³-hybridized carbons (Fsp3) is 0.286. The van der Waals surface area contributed by atoms with Gasteiger partial charge < -0.3 is 9.64 Å². The zero-order valence-electron chi connectivity index (χ0n) is 18.6. The average Bonchev–Trinajstić information content (AvgIpc) is 2.81. The summed E-state index contributed by atoms with van der Waals surface area (Å²) in [6.07, 6.45) is 1.43. The minimum Gasteiger partial charge on any atom is -0.452 e. The molecule has 0 aliphatic carbocycles. The number of para-hydroxylation sites is 1. The number of rotatable bonds is 7. The number of Topliss-reactive ketones (excluding diaryl/α,β-unsaturated/α-hetero) is 1. The molecule has 2 unspecified atom stereocenters. The van der Waals surface area contributed by atoms with Crippen LogP contribution in [0.3, 0.4) is 0 Å². The van der Waals surface area contributed by atoms with Crippen molar-refractivity contribution in [2.75, 3.05) is 4.90 Å². The fourth-order valence-electron chi connectivity index (χ4n) is 4.59. The van der Waals surface area contributed by atoms with Crippen molar-refractivity contribution in [3.05, 3.63) is 102 Å². The molecule has 3 aromatic carbocycles. The summed E-state index contributed by atoms with van der Waals surface area (Å²) in [4.78, 5) is 28.9. The molecule has 4 nitrogen and oxygen atoms in total. The van der Waals surface area contributed by atoms with Crippen LogP contribution in [0.1, 0.15) is 37.8 Å². The molecule has 0 bridgehead atoms. The Bertz CT molecular complexity index is 1030. The number of hydrogen-bond acceptors (Lipinski definition) is 4. The molecule has 2 atom stereocenters. The summed E-state index contributed by atoms with van der Waals surface area (Å²) in [5.41, 5.74) is 1.91. The van der Waals surface area contributed by atoms with Gasteiger partial charge in [0.15, 0.2) is 11.8 Å². The molecule has 32 heavy (non-hydrogen) atoms. The van der Waals surface area contributed by atoms with Crippen LogP contribution in [0.5, 0.6) is 0 Å². The number of carbonyl (C=O) groups is 2. The zero-order chi connectivity index (χ0) is 22.6.